The molecule has 1 heterocycles. The fourth-order valence-corrected chi connectivity index (χ4v) is 3.41. The summed E-state index contributed by atoms with van der Waals surface area (Å²) in [4.78, 5) is 2.52. The maximum atomic E-state index is 4.02. The number of likely N-dealkylation sites (tertiary alicyclic amines) is 1. The van der Waals surface area contributed by atoms with Gasteiger partial charge in [-0.25, -0.2) is 0 Å². The maximum Gasteiger partial charge on any atom is 0.0620 e. The van der Waals surface area contributed by atoms with E-state index < -0.39 is 0 Å². The topological polar surface area (TPSA) is 15.3 Å². The van der Waals surface area contributed by atoms with E-state index in [1.54, 1.807) is 0 Å². The summed E-state index contributed by atoms with van der Waals surface area (Å²) in [6.45, 7) is 13.1. The second-order valence-electron chi connectivity index (χ2n) is 6.02. The molecule has 2 nitrogen and oxygen atoms in total. The highest BCUT2D eigenvalue weighted by Crippen LogP contribution is 2.36. The molecular formula is C22H30N2. The molecule has 2 aromatic carbocycles. The lowest BCUT2D eigenvalue weighted by Crippen LogP contribution is -2.68. The molecule has 0 radical (unpaired) electrons. The first-order valence-corrected chi connectivity index (χ1v) is 9.00. The van der Waals surface area contributed by atoms with E-state index in [9.17, 15) is 0 Å². The Morgan fingerprint density at radius 3 is 1.83 bits per heavy atom. The molecule has 0 aromatic heterocycles. The zero-order valence-electron chi connectivity index (χ0n) is 15.2. The predicted molar refractivity (Wildman–Crippen MR) is 104 cm³/mol. The van der Waals surface area contributed by atoms with Gasteiger partial charge in [-0.1, -0.05) is 87.5 Å². The molecule has 0 amide bonds. The molecule has 0 unspecified atom stereocenters. The minimum atomic E-state index is 0.0660. The van der Waals surface area contributed by atoms with Crippen LogP contribution < -0.4 is 5.32 Å². The fourth-order valence-electron chi connectivity index (χ4n) is 3.41. The van der Waals surface area contributed by atoms with Crippen molar-refractivity contribution >= 4 is 0 Å². The molecule has 24 heavy (non-hydrogen) atoms. The summed E-state index contributed by atoms with van der Waals surface area (Å²) in [6.07, 6.45) is 2.07. The summed E-state index contributed by atoms with van der Waals surface area (Å²) in [5.41, 5.74) is 2.77. The maximum absolute atomic E-state index is 4.02. The Morgan fingerprint density at radius 1 is 1.00 bits per heavy atom. The van der Waals surface area contributed by atoms with E-state index in [1.807, 2.05) is 13.8 Å². The summed E-state index contributed by atoms with van der Waals surface area (Å²) in [6, 6.07) is 21.8. The summed E-state index contributed by atoms with van der Waals surface area (Å²) in [5.74, 6) is 0. The summed E-state index contributed by atoms with van der Waals surface area (Å²) >= 11 is 0. The third-order valence-corrected chi connectivity index (χ3v) is 4.49. The first-order valence-electron chi connectivity index (χ1n) is 9.00. The van der Waals surface area contributed by atoms with Crippen LogP contribution in [0, 0.1) is 0 Å². The molecule has 3 rings (SSSR count). The van der Waals surface area contributed by atoms with Gasteiger partial charge in [-0.15, -0.1) is 6.58 Å². The first kappa shape index (κ1) is 18.4. The number of benzene rings is 2. The van der Waals surface area contributed by atoms with Crippen LogP contribution in [0.4, 0.5) is 0 Å². The van der Waals surface area contributed by atoms with Gasteiger partial charge >= 0.3 is 0 Å². The Balaban J connectivity index is 0.00000100. The van der Waals surface area contributed by atoms with Crippen LogP contribution in [0.5, 0.6) is 0 Å². The van der Waals surface area contributed by atoms with Crippen molar-refractivity contribution in [2.24, 2.45) is 0 Å². The molecule has 2 aromatic rings. The molecule has 0 saturated carbocycles. The number of likely N-dealkylation sites (N-methyl/N-ethyl adjacent to an activating group) is 1. The largest absolute Gasteiger partial charge is 0.306 e. The third-order valence-electron chi connectivity index (χ3n) is 4.49. The number of nitrogens with one attached hydrogen (secondary N) is 1. The lowest BCUT2D eigenvalue weighted by atomic mass is 9.84. The van der Waals surface area contributed by atoms with Crippen molar-refractivity contribution in [2.75, 3.05) is 19.6 Å². The third kappa shape index (κ3) is 3.95. The molecule has 0 atom stereocenters. The van der Waals surface area contributed by atoms with Crippen molar-refractivity contribution in [3.05, 3.63) is 84.4 Å². The van der Waals surface area contributed by atoms with E-state index in [1.165, 1.54) is 11.1 Å². The van der Waals surface area contributed by atoms with E-state index in [-0.39, 0.29) is 5.54 Å². The van der Waals surface area contributed by atoms with E-state index in [0.717, 1.165) is 19.6 Å². The van der Waals surface area contributed by atoms with Gasteiger partial charge in [0.15, 0.2) is 0 Å². The van der Waals surface area contributed by atoms with Crippen molar-refractivity contribution < 1.29 is 0 Å². The molecule has 2 heteroatoms. The van der Waals surface area contributed by atoms with Crippen LogP contribution >= 0.6 is 0 Å². The Bertz CT molecular complexity index is 561. The van der Waals surface area contributed by atoms with Gasteiger partial charge in [-0.3, -0.25) is 4.90 Å². The Kier molecular flexibility index (Phi) is 6.77. The minimum Gasteiger partial charge on any atom is -0.306 e. The van der Waals surface area contributed by atoms with Crippen LogP contribution in [-0.4, -0.2) is 30.1 Å². The highest BCUT2D eigenvalue weighted by Gasteiger charge is 2.43. The van der Waals surface area contributed by atoms with E-state index in [2.05, 4.69) is 90.5 Å². The van der Waals surface area contributed by atoms with Gasteiger partial charge in [0.25, 0.3) is 0 Å². The number of rotatable bonds is 6. The molecule has 1 aliphatic rings. The lowest BCUT2D eigenvalue weighted by Gasteiger charge is -2.52. The number of hydrogen-bond donors (Lipinski definition) is 1. The minimum absolute atomic E-state index is 0.0660. The molecule has 128 valence electrons. The quantitative estimate of drug-likeness (QED) is 0.779. The van der Waals surface area contributed by atoms with Crippen molar-refractivity contribution in [3.8, 4) is 0 Å². The Hall–Kier alpha value is -1.90. The lowest BCUT2D eigenvalue weighted by molar-refractivity contribution is 0.0486. The molecule has 1 saturated heterocycles. The van der Waals surface area contributed by atoms with Crippen molar-refractivity contribution in [2.45, 2.75) is 32.4 Å². The van der Waals surface area contributed by atoms with Crippen LogP contribution in [0.3, 0.4) is 0 Å². The van der Waals surface area contributed by atoms with Gasteiger partial charge < -0.3 is 5.32 Å². The molecule has 0 aliphatic carbocycles. The number of nitrogens with zero attached hydrogens (tertiary/aromatic N) is 1. The second-order valence-corrected chi connectivity index (χ2v) is 6.02. The average Bonchev–Trinajstić information content (AvgIpc) is 2.63. The van der Waals surface area contributed by atoms with Crippen LogP contribution in [0.2, 0.25) is 0 Å². The van der Waals surface area contributed by atoms with Gasteiger partial charge in [0.05, 0.1) is 11.6 Å². The molecule has 0 bridgehead atoms. The second kappa shape index (κ2) is 8.81. The van der Waals surface area contributed by atoms with E-state index >= 15 is 0 Å². The smallest absolute Gasteiger partial charge is 0.0620 e. The SMILES string of the molecule is C=CC1(NCC)CN(C(c2ccccc2)c2ccccc2)C1.CC. The Morgan fingerprint density at radius 2 is 1.46 bits per heavy atom. The van der Waals surface area contributed by atoms with Crippen LogP contribution in [-0.2, 0) is 0 Å². The van der Waals surface area contributed by atoms with Crippen molar-refractivity contribution in [3.63, 3.8) is 0 Å². The highest BCUT2D eigenvalue weighted by atomic mass is 15.3. The van der Waals surface area contributed by atoms with Crippen molar-refractivity contribution in [1.29, 1.82) is 0 Å². The average molecular weight is 322 g/mol. The fraction of sp³-hybridized carbons (Fsp3) is 0.364. The van der Waals surface area contributed by atoms with Gasteiger partial charge in [0.1, 0.15) is 0 Å². The first-order chi connectivity index (χ1) is 11.8. The van der Waals surface area contributed by atoms with Crippen molar-refractivity contribution in [1.82, 2.24) is 10.2 Å². The van der Waals surface area contributed by atoms with Gasteiger partial charge in [0, 0.05) is 13.1 Å². The normalized spacial score (nSPS) is 16.0. The molecule has 0 spiro atoms. The Labute approximate surface area is 147 Å². The van der Waals surface area contributed by atoms with Crippen LogP contribution in [0.25, 0.3) is 0 Å². The van der Waals surface area contributed by atoms with E-state index in [0.29, 0.717) is 6.04 Å². The molecule has 1 N–H and O–H groups in total. The molecular weight excluding hydrogens is 292 g/mol. The van der Waals surface area contributed by atoms with Gasteiger partial charge in [-0.05, 0) is 17.7 Å². The summed E-state index contributed by atoms with van der Waals surface area (Å²) < 4.78 is 0. The summed E-state index contributed by atoms with van der Waals surface area (Å²) in [7, 11) is 0. The van der Waals surface area contributed by atoms with E-state index in [4.69, 9.17) is 0 Å². The van der Waals surface area contributed by atoms with Crippen LogP contribution in [0.15, 0.2) is 73.3 Å². The zero-order valence-corrected chi connectivity index (χ0v) is 15.2. The zero-order chi connectivity index (χ0) is 17.4. The molecule has 1 aliphatic heterocycles. The monoisotopic (exact) mass is 322 g/mol. The summed E-state index contributed by atoms with van der Waals surface area (Å²) in [5, 5.41) is 3.57. The predicted octanol–water partition coefficient (Wildman–Crippen LogP) is 4.65. The van der Waals surface area contributed by atoms with Gasteiger partial charge in [0.2, 0.25) is 0 Å². The number of hydrogen-bond acceptors (Lipinski definition) is 2. The standard InChI is InChI=1S/C20H24N2.C2H6/c1-3-20(21-4-2)15-22(16-20)19(17-11-7-5-8-12-17)18-13-9-6-10-14-18;1-2/h3,5-14,19,21H,1,4,15-16H2,2H3;1-2H3. The van der Waals surface area contributed by atoms with Gasteiger partial charge in [-0.2, -0.15) is 0 Å². The van der Waals surface area contributed by atoms with Crippen LogP contribution in [0.1, 0.15) is 37.9 Å². The highest BCUT2D eigenvalue weighted by molar-refractivity contribution is 5.34. The molecule has 1 fully saturated rings.